The first-order chi connectivity index (χ1) is 10.2. The normalized spacial score (nSPS) is 25.0. The Hall–Kier alpha value is -1.94. The van der Waals surface area contributed by atoms with Crippen LogP contribution in [0.15, 0.2) is 48.7 Å². The number of fused-ring (bicyclic) bond motifs is 3. The molecule has 0 saturated heterocycles. The highest BCUT2D eigenvalue weighted by molar-refractivity contribution is 7.71. The Bertz CT molecular complexity index is 767. The molecule has 1 fully saturated rings. The predicted molar refractivity (Wildman–Crippen MR) is 81.3 cm³/mol. The summed E-state index contributed by atoms with van der Waals surface area (Å²) in [5.74, 6) is 1.41. The third-order valence-corrected chi connectivity index (χ3v) is 4.91. The Labute approximate surface area is 128 Å². The van der Waals surface area contributed by atoms with Crippen LogP contribution in [0.2, 0.25) is 0 Å². The summed E-state index contributed by atoms with van der Waals surface area (Å²) in [6.45, 7) is 0. The van der Waals surface area contributed by atoms with Crippen LogP contribution >= 0.6 is 12.2 Å². The lowest BCUT2D eigenvalue weighted by Gasteiger charge is -2.09. The molecule has 1 aromatic carbocycles. The molecule has 0 radical (unpaired) electrons. The molecule has 1 aromatic heterocycles. The summed E-state index contributed by atoms with van der Waals surface area (Å²) < 4.78 is 1.87. The second-order valence-electron chi connectivity index (χ2n) is 5.79. The summed E-state index contributed by atoms with van der Waals surface area (Å²) >= 11 is 5.12. The number of carbonyl (C=O) groups excluding carboxylic acids is 1. The van der Waals surface area contributed by atoms with Crippen LogP contribution in [-0.2, 0) is 11.2 Å². The second kappa shape index (κ2) is 4.81. The molecule has 1 heterocycles. The minimum absolute atomic E-state index is 0.200. The van der Waals surface area contributed by atoms with Crippen molar-refractivity contribution in [1.82, 2.24) is 4.73 Å². The number of hydrogen-bond acceptors (Lipinski definition) is 3. The number of carbonyl (C=O) groups is 1. The summed E-state index contributed by atoms with van der Waals surface area (Å²) in [6, 6.07) is 13.9. The molecule has 2 aliphatic carbocycles. The van der Waals surface area contributed by atoms with E-state index in [4.69, 9.17) is 17.1 Å². The van der Waals surface area contributed by atoms with E-state index in [2.05, 4.69) is 24.3 Å². The number of aromatic nitrogens is 1. The Morgan fingerprint density at radius 1 is 1.24 bits per heavy atom. The number of rotatable bonds is 3. The molecule has 0 amide bonds. The van der Waals surface area contributed by atoms with Crippen molar-refractivity contribution < 1.29 is 9.63 Å². The molecule has 2 aromatic rings. The van der Waals surface area contributed by atoms with Crippen molar-refractivity contribution in [2.75, 3.05) is 0 Å². The first-order valence-corrected chi connectivity index (χ1v) is 7.61. The van der Waals surface area contributed by atoms with Gasteiger partial charge in [-0.05, 0) is 47.4 Å². The molecule has 3 nitrogen and oxygen atoms in total. The number of benzene rings is 1. The molecule has 4 rings (SSSR count). The largest absolute Gasteiger partial charge is 0.336 e. The molecule has 0 unspecified atom stereocenters. The van der Waals surface area contributed by atoms with Gasteiger partial charge in [0.25, 0.3) is 0 Å². The van der Waals surface area contributed by atoms with Crippen molar-refractivity contribution in [2.45, 2.75) is 18.8 Å². The lowest BCUT2D eigenvalue weighted by Crippen LogP contribution is -2.21. The van der Waals surface area contributed by atoms with Crippen LogP contribution in [0, 0.1) is 16.5 Å². The highest BCUT2D eigenvalue weighted by Gasteiger charge is 2.55. The predicted octanol–water partition coefficient (Wildman–Crippen LogP) is 3.15. The first kappa shape index (κ1) is 12.8. The van der Waals surface area contributed by atoms with Crippen molar-refractivity contribution in [3.8, 4) is 0 Å². The molecule has 1 saturated carbocycles. The van der Waals surface area contributed by atoms with E-state index < -0.39 is 0 Å². The van der Waals surface area contributed by atoms with Crippen molar-refractivity contribution in [3.05, 3.63) is 64.4 Å². The van der Waals surface area contributed by atoms with Crippen LogP contribution in [0.5, 0.6) is 0 Å². The molecule has 0 spiro atoms. The highest BCUT2D eigenvalue weighted by Crippen LogP contribution is 2.62. The van der Waals surface area contributed by atoms with Crippen LogP contribution < -0.4 is 4.84 Å². The van der Waals surface area contributed by atoms with E-state index in [-0.39, 0.29) is 5.97 Å². The zero-order chi connectivity index (χ0) is 14.4. The van der Waals surface area contributed by atoms with Gasteiger partial charge in [0, 0.05) is 6.20 Å². The van der Waals surface area contributed by atoms with Gasteiger partial charge >= 0.3 is 5.97 Å². The van der Waals surface area contributed by atoms with Crippen LogP contribution in [0.3, 0.4) is 0 Å². The first-order valence-electron chi connectivity index (χ1n) is 7.21. The zero-order valence-corrected chi connectivity index (χ0v) is 12.3. The zero-order valence-electron chi connectivity index (χ0n) is 11.4. The molecule has 106 valence electrons. The van der Waals surface area contributed by atoms with Gasteiger partial charge in [-0.25, -0.2) is 4.79 Å². The van der Waals surface area contributed by atoms with Crippen LogP contribution in [0.1, 0.15) is 23.5 Å². The summed E-state index contributed by atoms with van der Waals surface area (Å²) in [7, 11) is 0. The molecular formula is C17H15NO2S. The van der Waals surface area contributed by atoms with Crippen molar-refractivity contribution in [1.29, 1.82) is 0 Å². The van der Waals surface area contributed by atoms with E-state index in [0.717, 1.165) is 6.42 Å². The minimum Gasteiger partial charge on any atom is -0.336 e. The average Bonchev–Trinajstić information content (AvgIpc) is 2.99. The van der Waals surface area contributed by atoms with Gasteiger partial charge in [0.1, 0.15) is 4.64 Å². The van der Waals surface area contributed by atoms with Crippen LogP contribution in [0.25, 0.3) is 0 Å². The Morgan fingerprint density at radius 2 is 2.05 bits per heavy atom. The molecule has 0 bridgehead atoms. The van der Waals surface area contributed by atoms with Gasteiger partial charge in [0.2, 0.25) is 0 Å². The van der Waals surface area contributed by atoms with Gasteiger partial charge in [-0.15, -0.1) is 0 Å². The quantitative estimate of drug-likeness (QED) is 0.816. The van der Waals surface area contributed by atoms with Crippen LogP contribution in [-0.4, -0.2) is 10.7 Å². The van der Waals surface area contributed by atoms with Crippen molar-refractivity contribution in [2.24, 2.45) is 11.8 Å². The van der Waals surface area contributed by atoms with Crippen LogP contribution in [0.4, 0.5) is 0 Å². The SMILES string of the molecule is O=C(C[C@H]1[C@@H]2Cc3ccccc3[C@H]12)On1ccccc1=S. The Balaban J connectivity index is 1.42. The van der Waals surface area contributed by atoms with E-state index in [0.29, 0.717) is 28.8 Å². The lowest BCUT2D eigenvalue weighted by molar-refractivity contribution is -0.145. The fourth-order valence-corrected chi connectivity index (χ4v) is 3.77. The summed E-state index contributed by atoms with van der Waals surface area (Å²) in [5, 5.41) is 0. The van der Waals surface area contributed by atoms with Gasteiger partial charge in [-0.1, -0.05) is 42.5 Å². The number of hydrogen-bond donors (Lipinski definition) is 0. The van der Waals surface area contributed by atoms with Gasteiger partial charge in [0.05, 0.1) is 6.42 Å². The van der Waals surface area contributed by atoms with E-state index in [9.17, 15) is 4.79 Å². The smallest absolute Gasteiger partial charge is 0.333 e. The molecular weight excluding hydrogens is 282 g/mol. The Morgan fingerprint density at radius 3 is 2.90 bits per heavy atom. The third-order valence-electron chi connectivity index (χ3n) is 4.59. The molecule has 4 heteroatoms. The van der Waals surface area contributed by atoms with Gasteiger partial charge in [-0.2, -0.15) is 4.73 Å². The molecule has 0 N–H and O–H groups in total. The monoisotopic (exact) mass is 297 g/mol. The van der Waals surface area contributed by atoms with Crippen molar-refractivity contribution in [3.63, 3.8) is 0 Å². The van der Waals surface area contributed by atoms with Gasteiger partial charge in [0.15, 0.2) is 0 Å². The second-order valence-corrected chi connectivity index (χ2v) is 6.21. The molecule has 2 aliphatic rings. The lowest BCUT2D eigenvalue weighted by atomic mass is 10.0. The van der Waals surface area contributed by atoms with Gasteiger partial charge < -0.3 is 4.84 Å². The standard InChI is InChI=1S/C17H15NO2S/c19-16(20-18-8-4-3-7-15(18)21)10-14-13-9-11-5-1-2-6-12(11)17(13)14/h1-8,13-14,17H,9-10H2/t13-,14-,17-/m0/s1. The highest BCUT2D eigenvalue weighted by atomic mass is 32.1. The minimum atomic E-state index is -0.200. The molecule has 21 heavy (non-hydrogen) atoms. The average molecular weight is 297 g/mol. The van der Waals surface area contributed by atoms with E-state index in [1.807, 2.05) is 6.07 Å². The maximum absolute atomic E-state index is 12.1. The number of pyridine rings is 1. The van der Waals surface area contributed by atoms with Gasteiger partial charge in [-0.3, -0.25) is 0 Å². The molecule has 3 atom stereocenters. The summed E-state index contributed by atoms with van der Waals surface area (Å²) in [6.07, 6.45) is 3.24. The van der Waals surface area contributed by atoms with E-state index in [1.165, 1.54) is 15.9 Å². The topological polar surface area (TPSA) is 31.2 Å². The third kappa shape index (κ3) is 2.20. The van der Waals surface area contributed by atoms with E-state index in [1.54, 1.807) is 18.3 Å². The number of nitrogens with zero attached hydrogens (tertiary/aromatic N) is 1. The summed E-state index contributed by atoms with van der Waals surface area (Å²) in [4.78, 5) is 17.4. The summed E-state index contributed by atoms with van der Waals surface area (Å²) in [5.41, 5.74) is 2.87. The Kier molecular flexibility index (Phi) is 2.93. The van der Waals surface area contributed by atoms with Crippen molar-refractivity contribution >= 4 is 18.2 Å². The fraction of sp³-hybridized carbons (Fsp3) is 0.294. The fourth-order valence-electron chi connectivity index (χ4n) is 3.59. The molecule has 0 aliphatic heterocycles. The maximum atomic E-state index is 12.1. The maximum Gasteiger partial charge on any atom is 0.333 e. The van der Waals surface area contributed by atoms with E-state index >= 15 is 0 Å².